The van der Waals surface area contributed by atoms with Gasteiger partial charge in [0.05, 0.1) is 11.4 Å². The van der Waals surface area contributed by atoms with Crippen molar-refractivity contribution in [1.29, 1.82) is 0 Å². The highest BCUT2D eigenvalue weighted by Gasteiger charge is 2.15. The second kappa shape index (κ2) is 9.59. The fourth-order valence-electron chi connectivity index (χ4n) is 3.04. The van der Waals surface area contributed by atoms with E-state index in [1.807, 2.05) is 6.07 Å². The van der Waals surface area contributed by atoms with Crippen molar-refractivity contribution in [1.82, 2.24) is 9.97 Å². The lowest BCUT2D eigenvalue weighted by molar-refractivity contribution is -0.118. The summed E-state index contributed by atoms with van der Waals surface area (Å²) in [6.45, 7) is 1.73. The SMILES string of the molecule is CCC(=O)N(C)c1ccc(-c2ccc(C(=O)CCc3cccnc3Cl)cn2)cc1F. The molecule has 3 aromatic rings. The van der Waals surface area contributed by atoms with E-state index in [2.05, 4.69) is 9.97 Å². The summed E-state index contributed by atoms with van der Waals surface area (Å²) < 4.78 is 14.5. The Bertz CT molecular complexity index is 1070. The summed E-state index contributed by atoms with van der Waals surface area (Å²) in [5.74, 6) is -0.738. The van der Waals surface area contributed by atoms with E-state index in [0.29, 0.717) is 34.8 Å². The van der Waals surface area contributed by atoms with Crippen LogP contribution in [-0.4, -0.2) is 28.7 Å². The van der Waals surface area contributed by atoms with E-state index in [4.69, 9.17) is 11.6 Å². The van der Waals surface area contributed by atoms with Crippen LogP contribution < -0.4 is 4.90 Å². The van der Waals surface area contributed by atoms with Crippen LogP contribution in [0.15, 0.2) is 54.9 Å². The van der Waals surface area contributed by atoms with E-state index in [1.54, 1.807) is 50.5 Å². The minimum atomic E-state index is -0.507. The smallest absolute Gasteiger partial charge is 0.226 e. The number of pyridine rings is 2. The Morgan fingerprint density at radius 1 is 1.13 bits per heavy atom. The van der Waals surface area contributed by atoms with Crippen LogP contribution in [0.4, 0.5) is 10.1 Å². The van der Waals surface area contributed by atoms with E-state index in [1.165, 1.54) is 17.2 Å². The molecule has 0 bridgehead atoms. The Morgan fingerprint density at radius 3 is 2.57 bits per heavy atom. The van der Waals surface area contributed by atoms with Crippen molar-refractivity contribution in [2.45, 2.75) is 26.2 Å². The van der Waals surface area contributed by atoms with Gasteiger partial charge in [-0.25, -0.2) is 9.37 Å². The number of carbonyl (C=O) groups excluding carboxylic acids is 2. The third-order valence-corrected chi connectivity index (χ3v) is 5.16. The second-order valence-corrected chi connectivity index (χ2v) is 7.14. The molecular weight excluding hydrogens is 405 g/mol. The first-order chi connectivity index (χ1) is 14.4. The fourth-order valence-corrected chi connectivity index (χ4v) is 3.25. The molecular formula is C23H21ClFN3O2. The number of anilines is 1. The summed E-state index contributed by atoms with van der Waals surface area (Å²) in [6, 6.07) is 11.6. The normalized spacial score (nSPS) is 10.7. The number of Topliss-reactive ketones (excluding diaryl/α,β-unsaturated/α-hetero) is 1. The number of ketones is 1. The van der Waals surface area contributed by atoms with Crippen molar-refractivity contribution < 1.29 is 14.0 Å². The van der Waals surface area contributed by atoms with Gasteiger partial charge in [-0.15, -0.1) is 0 Å². The third-order valence-electron chi connectivity index (χ3n) is 4.82. The third kappa shape index (κ3) is 4.89. The molecule has 0 saturated heterocycles. The molecule has 0 fully saturated rings. The number of nitrogens with zero attached hydrogens (tertiary/aromatic N) is 3. The Hall–Kier alpha value is -3.12. The Morgan fingerprint density at radius 2 is 1.93 bits per heavy atom. The van der Waals surface area contributed by atoms with E-state index < -0.39 is 5.82 Å². The van der Waals surface area contributed by atoms with Crippen molar-refractivity contribution in [3.05, 3.63) is 77.0 Å². The molecule has 0 atom stereocenters. The number of aryl methyl sites for hydroxylation is 1. The molecule has 7 heteroatoms. The lowest BCUT2D eigenvalue weighted by atomic mass is 10.0. The number of rotatable bonds is 7. The maximum atomic E-state index is 14.5. The molecule has 0 N–H and O–H groups in total. The van der Waals surface area contributed by atoms with Crippen LogP contribution in [0.3, 0.4) is 0 Å². The van der Waals surface area contributed by atoms with Gasteiger partial charge in [-0.3, -0.25) is 14.6 Å². The van der Waals surface area contributed by atoms with Crippen LogP contribution in [0, 0.1) is 5.82 Å². The van der Waals surface area contributed by atoms with Crippen molar-refractivity contribution in [2.75, 3.05) is 11.9 Å². The van der Waals surface area contributed by atoms with Crippen LogP contribution in [0.25, 0.3) is 11.3 Å². The summed E-state index contributed by atoms with van der Waals surface area (Å²) in [5, 5.41) is 0.399. The number of hydrogen-bond acceptors (Lipinski definition) is 4. The first-order valence-electron chi connectivity index (χ1n) is 9.55. The molecule has 0 aliphatic heterocycles. The topological polar surface area (TPSA) is 63.2 Å². The number of benzene rings is 1. The van der Waals surface area contributed by atoms with E-state index >= 15 is 0 Å². The summed E-state index contributed by atoms with van der Waals surface area (Å²) in [4.78, 5) is 33.8. The van der Waals surface area contributed by atoms with Gasteiger partial charge in [0.25, 0.3) is 0 Å². The molecule has 3 rings (SSSR count). The number of hydrogen-bond donors (Lipinski definition) is 0. The molecule has 154 valence electrons. The van der Waals surface area contributed by atoms with Gasteiger partial charge in [0.2, 0.25) is 5.91 Å². The standard InChI is InChI=1S/C23H21ClFN3O2/c1-3-22(30)28(2)20-10-7-16(13-18(20)25)19-9-6-17(14-27-19)21(29)11-8-15-5-4-12-26-23(15)24/h4-7,9-10,12-14H,3,8,11H2,1-2H3. The van der Waals surface area contributed by atoms with E-state index in [9.17, 15) is 14.0 Å². The predicted octanol–water partition coefficient (Wildman–Crippen LogP) is 5.12. The quantitative estimate of drug-likeness (QED) is 0.389. The number of amides is 1. The van der Waals surface area contributed by atoms with Gasteiger partial charge in [0, 0.05) is 43.4 Å². The molecule has 0 aliphatic rings. The highest BCUT2D eigenvalue weighted by molar-refractivity contribution is 6.30. The first kappa shape index (κ1) is 21.6. The van der Waals surface area contributed by atoms with Crippen LogP contribution in [0.5, 0.6) is 0 Å². The van der Waals surface area contributed by atoms with Gasteiger partial charge >= 0.3 is 0 Å². The number of aromatic nitrogens is 2. The van der Waals surface area contributed by atoms with Gasteiger partial charge in [-0.2, -0.15) is 0 Å². The molecule has 30 heavy (non-hydrogen) atoms. The number of carbonyl (C=O) groups is 2. The lowest BCUT2D eigenvalue weighted by Crippen LogP contribution is -2.25. The first-order valence-corrected chi connectivity index (χ1v) is 9.93. The maximum absolute atomic E-state index is 14.5. The fraction of sp³-hybridized carbons (Fsp3) is 0.217. The predicted molar refractivity (Wildman–Crippen MR) is 115 cm³/mol. The minimum absolute atomic E-state index is 0.0600. The van der Waals surface area contributed by atoms with E-state index in [0.717, 1.165) is 5.56 Å². The molecule has 2 aromatic heterocycles. The van der Waals surface area contributed by atoms with Crippen molar-refractivity contribution in [3.63, 3.8) is 0 Å². The largest absolute Gasteiger partial charge is 0.313 e. The van der Waals surface area contributed by atoms with Crippen LogP contribution in [-0.2, 0) is 11.2 Å². The number of halogens is 2. The molecule has 0 radical (unpaired) electrons. The van der Waals surface area contributed by atoms with Crippen LogP contribution >= 0.6 is 11.6 Å². The highest BCUT2D eigenvalue weighted by Crippen LogP contribution is 2.26. The van der Waals surface area contributed by atoms with Gasteiger partial charge in [-0.05, 0) is 42.3 Å². The summed E-state index contributed by atoms with van der Waals surface area (Å²) in [7, 11) is 1.54. The molecule has 0 aliphatic carbocycles. The van der Waals surface area contributed by atoms with Crippen molar-refractivity contribution in [2.24, 2.45) is 0 Å². The molecule has 1 aromatic carbocycles. The molecule has 0 unspecified atom stereocenters. The zero-order valence-corrected chi connectivity index (χ0v) is 17.5. The summed E-state index contributed by atoms with van der Waals surface area (Å²) in [5.41, 5.74) is 2.61. The van der Waals surface area contributed by atoms with Crippen molar-refractivity contribution >= 4 is 29.0 Å². The van der Waals surface area contributed by atoms with Gasteiger partial charge in [0.1, 0.15) is 11.0 Å². The molecule has 5 nitrogen and oxygen atoms in total. The Balaban J connectivity index is 1.71. The average Bonchev–Trinajstić information content (AvgIpc) is 2.77. The monoisotopic (exact) mass is 425 g/mol. The molecule has 2 heterocycles. The molecule has 0 saturated carbocycles. The summed E-state index contributed by atoms with van der Waals surface area (Å²) in [6.07, 6.45) is 4.16. The zero-order valence-electron chi connectivity index (χ0n) is 16.7. The van der Waals surface area contributed by atoms with Gasteiger partial charge in [0.15, 0.2) is 5.78 Å². The highest BCUT2D eigenvalue weighted by atomic mass is 35.5. The van der Waals surface area contributed by atoms with Crippen LogP contribution in [0.2, 0.25) is 5.15 Å². The van der Waals surface area contributed by atoms with Crippen molar-refractivity contribution in [3.8, 4) is 11.3 Å². The summed E-state index contributed by atoms with van der Waals surface area (Å²) >= 11 is 6.02. The van der Waals surface area contributed by atoms with E-state index in [-0.39, 0.29) is 23.8 Å². The Labute approximate surface area is 179 Å². The second-order valence-electron chi connectivity index (χ2n) is 6.78. The Kier molecular flexibility index (Phi) is 6.90. The minimum Gasteiger partial charge on any atom is -0.313 e. The maximum Gasteiger partial charge on any atom is 0.226 e. The van der Waals surface area contributed by atoms with Gasteiger partial charge in [-0.1, -0.05) is 30.7 Å². The average molecular weight is 426 g/mol. The zero-order chi connectivity index (χ0) is 21.7. The molecule has 1 amide bonds. The van der Waals surface area contributed by atoms with Crippen LogP contribution in [0.1, 0.15) is 35.7 Å². The van der Waals surface area contributed by atoms with Gasteiger partial charge < -0.3 is 4.90 Å². The molecule has 0 spiro atoms. The lowest BCUT2D eigenvalue weighted by Gasteiger charge is -2.17.